The molecule has 3 rings (SSSR count). The number of aryl methyl sites for hydroxylation is 1. The van der Waals surface area contributed by atoms with Crippen molar-refractivity contribution in [3.8, 4) is 0 Å². The Morgan fingerprint density at radius 1 is 1.28 bits per heavy atom. The summed E-state index contributed by atoms with van der Waals surface area (Å²) >= 11 is 0. The minimum atomic E-state index is 0. The molecule has 0 saturated heterocycles. The molecule has 3 nitrogen and oxygen atoms in total. The molecule has 0 heterocycles. The van der Waals surface area contributed by atoms with E-state index in [1.807, 2.05) is 4.90 Å². The van der Waals surface area contributed by atoms with Crippen LogP contribution in [0.25, 0.3) is 0 Å². The number of halogens is 1. The van der Waals surface area contributed by atoms with Gasteiger partial charge >= 0.3 is 0 Å². The van der Waals surface area contributed by atoms with Crippen molar-refractivity contribution in [1.82, 2.24) is 4.90 Å². The number of nitrogens with two attached hydrogens (primary N) is 1. The van der Waals surface area contributed by atoms with Gasteiger partial charge in [0.2, 0.25) is 5.91 Å². The van der Waals surface area contributed by atoms with E-state index < -0.39 is 0 Å². The van der Waals surface area contributed by atoms with Crippen LogP contribution in [0.4, 0.5) is 0 Å². The number of benzene rings is 1. The van der Waals surface area contributed by atoms with Crippen molar-refractivity contribution in [1.29, 1.82) is 0 Å². The first kappa shape index (κ1) is 13.4. The molecule has 1 unspecified atom stereocenters. The largest absolute Gasteiger partial charge is 0.332 e. The summed E-state index contributed by atoms with van der Waals surface area (Å²) in [7, 11) is 0. The van der Waals surface area contributed by atoms with Crippen molar-refractivity contribution in [2.24, 2.45) is 5.73 Å². The van der Waals surface area contributed by atoms with Crippen molar-refractivity contribution in [3.63, 3.8) is 0 Å². The van der Waals surface area contributed by atoms with Crippen LogP contribution in [0.1, 0.15) is 36.4 Å². The van der Waals surface area contributed by atoms with Crippen molar-refractivity contribution in [2.45, 2.75) is 37.8 Å². The number of hydrogen-bond donors (Lipinski definition) is 1. The lowest BCUT2D eigenvalue weighted by atomic mass is 10.1. The third-order valence-corrected chi connectivity index (χ3v) is 3.84. The number of carbonyl (C=O) groups excluding carboxylic acids is 1. The first-order chi connectivity index (χ1) is 8.31. The summed E-state index contributed by atoms with van der Waals surface area (Å²) in [5, 5.41) is 0. The molecule has 2 aliphatic carbocycles. The molecular formula is C14H19ClN2O. The van der Waals surface area contributed by atoms with Crippen LogP contribution in [0.5, 0.6) is 0 Å². The molecule has 1 saturated carbocycles. The summed E-state index contributed by atoms with van der Waals surface area (Å²) in [5.41, 5.74) is 8.27. The van der Waals surface area contributed by atoms with Crippen molar-refractivity contribution in [2.75, 3.05) is 6.54 Å². The van der Waals surface area contributed by atoms with Gasteiger partial charge in [-0.3, -0.25) is 4.79 Å². The summed E-state index contributed by atoms with van der Waals surface area (Å²) in [6, 6.07) is 9.19. The monoisotopic (exact) mass is 266 g/mol. The van der Waals surface area contributed by atoms with E-state index >= 15 is 0 Å². The van der Waals surface area contributed by atoms with Gasteiger partial charge in [-0.15, -0.1) is 12.4 Å². The normalized spacial score (nSPS) is 21.1. The first-order valence-electron chi connectivity index (χ1n) is 6.40. The Bertz CT molecular complexity index is 445. The molecule has 1 aromatic carbocycles. The highest BCUT2D eigenvalue weighted by Gasteiger charge is 2.39. The molecule has 0 bridgehead atoms. The number of nitrogens with zero attached hydrogens (tertiary/aromatic N) is 1. The van der Waals surface area contributed by atoms with E-state index in [0.717, 1.165) is 25.7 Å². The molecule has 0 aliphatic heterocycles. The van der Waals surface area contributed by atoms with E-state index in [9.17, 15) is 4.79 Å². The second-order valence-electron chi connectivity index (χ2n) is 4.99. The van der Waals surface area contributed by atoms with Gasteiger partial charge in [0, 0.05) is 6.04 Å². The first-order valence-corrected chi connectivity index (χ1v) is 6.40. The zero-order chi connectivity index (χ0) is 11.8. The maximum absolute atomic E-state index is 12.0. The standard InChI is InChI=1S/C14H18N2O.ClH/c15-9-14(17)16(11-6-7-11)13-8-5-10-3-1-2-4-12(10)13;/h1-4,11,13H,5-9,15H2;1H. The minimum absolute atomic E-state index is 0. The van der Waals surface area contributed by atoms with Crippen LogP contribution in [-0.2, 0) is 11.2 Å². The third kappa shape index (κ3) is 2.25. The quantitative estimate of drug-likeness (QED) is 0.910. The van der Waals surface area contributed by atoms with Gasteiger partial charge in [0.1, 0.15) is 0 Å². The van der Waals surface area contributed by atoms with E-state index in [0.29, 0.717) is 6.04 Å². The SMILES string of the molecule is Cl.NCC(=O)N(C1CC1)C1CCc2ccccc21. The molecule has 2 aliphatic rings. The predicted octanol–water partition coefficient (Wildman–Crippen LogP) is 2.05. The van der Waals surface area contributed by atoms with E-state index in [4.69, 9.17) is 5.73 Å². The van der Waals surface area contributed by atoms with Crippen molar-refractivity contribution >= 4 is 18.3 Å². The Kier molecular flexibility index (Phi) is 3.93. The number of hydrogen-bond acceptors (Lipinski definition) is 2. The molecule has 1 fully saturated rings. The summed E-state index contributed by atoms with van der Waals surface area (Å²) < 4.78 is 0. The maximum Gasteiger partial charge on any atom is 0.237 e. The smallest absolute Gasteiger partial charge is 0.237 e. The van der Waals surface area contributed by atoms with Crippen LogP contribution in [-0.4, -0.2) is 23.4 Å². The van der Waals surface area contributed by atoms with Crippen LogP contribution < -0.4 is 5.73 Å². The average molecular weight is 267 g/mol. The lowest BCUT2D eigenvalue weighted by Gasteiger charge is -2.29. The molecule has 1 atom stereocenters. The van der Waals surface area contributed by atoms with Crippen LogP contribution in [0, 0.1) is 0 Å². The van der Waals surface area contributed by atoms with Gasteiger partial charge in [-0.2, -0.15) is 0 Å². The fourth-order valence-corrected chi connectivity index (χ4v) is 2.91. The summed E-state index contributed by atoms with van der Waals surface area (Å²) in [4.78, 5) is 14.0. The molecule has 2 N–H and O–H groups in total. The van der Waals surface area contributed by atoms with Crippen LogP contribution in [0.2, 0.25) is 0 Å². The van der Waals surface area contributed by atoms with Gasteiger partial charge in [0.05, 0.1) is 12.6 Å². The second-order valence-corrected chi connectivity index (χ2v) is 4.99. The van der Waals surface area contributed by atoms with Crippen LogP contribution >= 0.6 is 12.4 Å². The van der Waals surface area contributed by atoms with Crippen LogP contribution in [0.3, 0.4) is 0 Å². The van der Waals surface area contributed by atoms with Gasteiger partial charge < -0.3 is 10.6 Å². The molecule has 1 aromatic rings. The van der Waals surface area contributed by atoms with E-state index in [1.165, 1.54) is 11.1 Å². The van der Waals surface area contributed by atoms with Gasteiger partial charge in [0.15, 0.2) is 0 Å². The molecule has 18 heavy (non-hydrogen) atoms. The predicted molar refractivity (Wildman–Crippen MR) is 73.7 cm³/mol. The minimum Gasteiger partial charge on any atom is -0.332 e. The number of carbonyl (C=O) groups is 1. The number of rotatable bonds is 3. The zero-order valence-electron chi connectivity index (χ0n) is 10.3. The fourth-order valence-electron chi connectivity index (χ4n) is 2.91. The third-order valence-electron chi connectivity index (χ3n) is 3.84. The van der Waals surface area contributed by atoms with Crippen LogP contribution in [0.15, 0.2) is 24.3 Å². The molecule has 0 radical (unpaired) electrons. The van der Waals surface area contributed by atoms with E-state index in [-0.39, 0.29) is 30.9 Å². The summed E-state index contributed by atoms with van der Waals surface area (Å²) in [5.74, 6) is 0.106. The summed E-state index contributed by atoms with van der Waals surface area (Å²) in [6.45, 7) is 0.134. The molecule has 1 amide bonds. The molecular weight excluding hydrogens is 248 g/mol. The Morgan fingerprint density at radius 3 is 2.67 bits per heavy atom. The Balaban J connectivity index is 0.00000120. The zero-order valence-corrected chi connectivity index (χ0v) is 11.2. The lowest BCUT2D eigenvalue weighted by Crippen LogP contribution is -2.39. The Labute approximate surface area is 114 Å². The van der Waals surface area contributed by atoms with Crippen molar-refractivity contribution in [3.05, 3.63) is 35.4 Å². The van der Waals surface area contributed by atoms with Gasteiger partial charge in [0.25, 0.3) is 0 Å². The topological polar surface area (TPSA) is 46.3 Å². The highest BCUT2D eigenvalue weighted by atomic mass is 35.5. The fraction of sp³-hybridized carbons (Fsp3) is 0.500. The second kappa shape index (κ2) is 5.29. The van der Waals surface area contributed by atoms with Gasteiger partial charge in [-0.25, -0.2) is 0 Å². The summed E-state index contributed by atoms with van der Waals surface area (Å²) in [6.07, 6.45) is 4.43. The highest BCUT2D eigenvalue weighted by molar-refractivity contribution is 5.85. The van der Waals surface area contributed by atoms with E-state index in [1.54, 1.807) is 0 Å². The molecule has 4 heteroatoms. The molecule has 0 aromatic heterocycles. The highest BCUT2D eigenvalue weighted by Crippen LogP contribution is 2.41. The lowest BCUT2D eigenvalue weighted by molar-refractivity contribution is -0.132. The van der Waals surface area contributed by atoms with Gasteiger partial charge in [-0.05, 0) is 36.8 Å². The average Bonchev–Trinajstić information content (AvgIpc) is 3.10. The maximum atomic E-state index is 12.0. The van der Waals surface area contributed by atoms with Crippen molar-refractivity contribution < 1.29 is 4.79 Å². The molecule has 0 spiro atoms. The number of amides is 1. The molecule has 98 valence electrons. The van der Waals surface area contributed by atoms with Gasteiger partial charge in [-0.1, -0.05) is 24.3 Å². The Morgan fingerprint density at radius 2 is 2.00 bits per heavy atom. The Hall–Kier alpha value is -1.06. The van der Waals surface area contributed by atoms with E-state index in [2.05, 4.69) is 24.3 Å². The number of fused-ring (bicyclic) bond motifs is 1.